The topological polar surface area (TPSA) is 97.3 Å². The molecule has 3 rings (SSSR count). The summed E-state index contributed by atoms with van der Waals surface area (Å²) in [6.07, 6.45) is 3.65. The Kier molecular flexibility index (Phi) is 8.87. The third kappa shape index (κ3) is 7.59. The Labute approximate surface area is 219 Å². The molecule has 0 unspecified atom stereocenters. The van der Waals surface area contributed by atoms with Crippen LogP contribution in [-0.2, 0) is 16.1 Å². The molecule has 7 nitrogen and oxygen atoms in total. The number of thiol groups is 1. The molecule has 0 fully saturated rings. The lowest BCUT2D eigenvalue weighted by Gasteiger charge is -2.32. The van der Waals surface area contributed by atoms with E-state index in [1.807, 2.05) is 32.0 Å². The van der Waals surface area contributed by atoms with Crippen LogP contribution in [0.15, 0.2) is 57.2 Å². The number of likely N-dealkylation sites (N-methyl/N-ethyl adjacent to an activating group) is 1. The minimum atomic E-state index is -0.368. The predicted octanol–water partition coefficient (Wildman–Crippen LogP) is 5.98. The van der Waals surface area contributed by atoms with Crippen LogP contribution in [0, 0.1) is 10.3 Å². The molecule has 2 N–H and O–H groups in total. The summed E-state index contributed by atoms with van der Waals surface area (Å²) in [5.41, 5.74) is 10.3. The molecule has 36 heavy (non-hydrogen) atoms. The van der Waals surface area contributed by atoms with Gasteiger partial charge in [0.15, 0.2) is 0 Å². The molecule has 0 atom stereocenters. The van der Waals surface area contributed by atoms with Gasteiger partial charge in [0.05, 0.1) is 23.4 Å². The van der Waals surface area contributed by atoms with Crippen molar-refractivity contribution >= 4 is 36.5 Å². The summed E-state index contributed by atoms with van der Waals surface area (Å²) < 4.78 is 6.09. The zero-order valence-electron chi connectivity index (χ0n) is 21.7. The number of carbonyl (C=O) groups excluding carboxylic acids is 1. The van der Waals surface area contributed by atoms with E-state index < -0.39 is 0 Å². The van der Waals surface area contributed by atoms with E-state index in [0.29, 0.717) is 30.2 Å². The molecule has 0 saturated heterocycles. The van der Waals surface area contributed by atoms with Gasteiger partial charge in [-0.3, -0.25) is 4.90 Å². The largest absolute Gasteiger partial charge is 0.387 e. The van der Waals surface area contributed by atoms with Crippen molar-refractivity contribution in [3.63, 3.8) is 0 Å². The van der Waals surface area contributed by atoms with Gasteiger partial charge in [0.2, 0.25) is 0 Å². The van der Waals surface area contributed by atoms with E-state index in [-0.39, 0.29) is 17.4 Å². The molecular weight excluding hydrogens is 472 g/mol. The standard InChI is InChI=1S/C28H36N4O3S/c1-27(2,18-33)10-11-35-28(3,4)17-32(5)16-22-9-7-20(14-25(22)36)19-6-8-21-12-23(31-34)15-26(29)30-24(21)13-19/h6-9,12-14,18,36H,10-11,15-17H2,1-5H3,(H2,29,30). The zero-order chi connectivity index (χ0) is 26.5. The Morgan fingerprint density at radius 1 is 1.17 bits per heavy atom. The molecule has 192 valence electrons. The van der Waals surface area contributed by atoms with E-state index in [9.17, 15) is 9.70 Å². The first-order chi connectivity index (χ1) is 16.9. The first-order valence-corrected chi connectivity index (χ1v) is 12.5. The summed E-state index contributed by atoms with van der Waals surface area (Å²) in [5.74, 6) is 0.365. The molecule has 0 spiro atoms. The predicted molar refractivity (Wildman–Crippen MR) is 150 cm³/mol. The number of ether oxygens (including phenoxy) is 1. The number of rotatable bonds is 11. The maximum absolute atomic E-state index is 11.1. The number of amidine groups is 1. The summed E-state index contributed by atoms with van der Waals surface area (Å²) in [5, 5.41) is 3.05. The number of nitrogens with two attached hydrogens (primary N) is 1. The van der Waals surface area contributed by atoms with Crippen LogP contribution in [0.3, 0.4) is 0 Å². The van der Waals surface area contributed by atoms with Gasteiger partial charge in [-0.15, -0.1) is 17.5 Å². The van der Waals surface area contributed by atoms with Crippen molar-refractivity contribution in [1.82, 2.24) is 4.90 Å². The SMILES string of the molecule is CN(Cc1ccc(-c2ccc3c(c2)N=C(N)CC(N=O)=C3)cc1S)CC(C)(C)OCCC(C)(C)C=O. The Morgan fingerprint density at radius 2 is 1.86 bits per heavy atom. The molecule has 1 aliphatic rings. The second-order valence-corrected chi connectivity index (χ2v) is 11.2. The number of carbonyl (C=O) groups is 1. The smallest absolute Gasteiger partial charge is 0.125 e. The van der Waals surface area contributed by atoms with Crippen molar-refractivity contribution in [3.05, 3.63) is 58.1 Å². The summed E-state index contributed by atoms with van der Waals surface area (Å²) >= 11 is 4.76. The fourth-order valence-electron chi connectivity index (χ4n) is 4.18. The van der Waals surface area contributed by atoms with Gasteiger partial charge >= 0.3 is 0 Å². The minimum Gasteiger partial charge on any atom is -0.387 e. The van der Waals surface area contributed by atoms with Crippen LogP contribution >= 0.6 is 12.6 Å². The van der Waals surface area contributed by atoms with Crippen molar-refractivity contribution in [2.75, 3.05) is 20.2 Å². The van der Waals surface area contributed by atoms with Gasteiger partial charge in [-0.05, 0) is 67.4 Å². The molecular formula is C28H36N4O3S. The van der Waals surface area contributed by atoms with Gasteiger partial charge in [0.25, 0.3) is 0 Å². The second kappa shape index (κ2) is 11.5. The van der Waals surface area contributed by atoms with Gasteiger partial charge < -0.3 is 15.3 Å². The van der Waals surface area contributed by atoms with Crippen molar-refractivity contribution in [3.8, 4) is 11.1 Å². The average molecular weight is 509 g/mol. The summed E-state index contributed by atoms with van der Waals surface area (Å²) in [7, 11) is 2.06. The Balaban J connectivity index is 1.68. The van der Waals surface area contributed by atoms with Crippen LogP contribution in [0.4, 0.5) is 5.69 Å². The molecule has 8 heteroatoms. The molecule has 0 bridgehead atoms. The molecule has 0 aromatic heterocycles. The summed E-state index contributed by atoms with van der Waals surface area (Å²) in [4.78, 5) is 29.7. The van der Waals surface area contributed by atoms with Gasteiger partial charge in [0.1, 0.15) is 12.1 Å². The highest BCUT2D eigenvalue weighted by Crippen LogP contribution is 2.33. The first kappa shape index (κ1) is 27.8. The lowest BCUT2D eigenvalue weighted by molar-refractivity contribution is -0.116. The van der Waals surface area contributed by atoms with Gasteiger partial charge in [-0.25, -0.2) is 4.99 Å². The number of nitroso groups, excluding NO2 is 1. The van der Waals surface area contributed by atoms with E-state index >= 15 is 0 Å². The first-order valence-electron chi connectivity index (χ1n) is 12.0. The van der Waals surface area contributed by atoms with Gasteiger partial charge in [-0.1, -0.05) is 38.1 Å². The number of benzene rings is 2. The fourth-order valence-corrected chi connectivity index (χ4v) is 4.46. The number of nitrogens with zero attached hydrogens (tertiary/aromatic N) is 3. The monoisotopic (exact) mass is 508 g/mol. The number of fused-ring (bicyclic) bond motifs is 1. The number of aliphatic imine (C=N–C) groups is 1. The molecule has 2 aromatic carbocycles. The third-order valence-corrected chi connectivity index (χ3v) is 6.58. The minimum absolute atomic E-state index is 0.245. The highest BCUT2D eigenvalue weighted by atomic mass is 32.1. The second-order valence-electron chi connectivity index (χ2n) is 10.8. The van der Waals surface area contributed by atoms with E-state index in [1.165, 1.54) is 0 Å². The fraction of sp³-hybridized carbons (Fsp3) is 0.429. The third-order valence-electron chi connectivity index (χ3n) is 6.16. The van der Waals surface area contributed by atoms with Crippen molar-refractivity contribution in [2.24, 2.45) is 21.3 Å². The van der Waals surface area contributed by atoms with Crippen LogP contribution in [0.2, 0.25) is 0 Å². The van der Waals surface area contributed by atoms with E-state index in [1.54, 1.807) is 6.08 Å². The van der Waals surface area contributed by atoms with Crippen LogP contribution in [-0.4, -0.2) is 42.8 Å². The van der Waals surface area contributed by atoms with Crippen LogP contribution in [0.1, 0.15) is 51.7 Å². The Morgan fingerprint density at radius 3 is 2.53 bits per heavy atom. The van der Waals surface area contributed by atoms with Crippen molar-refractivity contribution in [1.29, 1.82) is 0 Å². The summed E-state index contributed by atoms with van der Waals surface area (Å²) in [6.45, 7) is 9.98. The number of hydrogen-bond acceptors (Lipinski definition) is 8. The van der Waals surface area contributed by atoms with Crippen molar-refractivity contribution in [2.45, 2.75) is 57.6 Å². The van der Waals surface area contributed by atoms with E-state index in [2.05, 4.69) is 54.2 Å². The van der Waals surface area contributed by atoms with E-state index in [0.717, 1.165) is 46.5 Å². The molecule has 2 aromatic rings. The van der Waals surface area contributed by atoms with Crippen LogP contribution in [0.5, 0.6) is 0 Å². The molecule has 0 aliphatic carbocycles. The highest BCUT2D eigenvalue weighted by Gasteiger charge is 2.24. The molecule has 0 saturated carbocycles. The van der Waals surface area contributed by atoms with Crippen LogP contribution in [0.25, 0.3) is 17.2 Å². The average Bonchev–Trinajstić information content (AvgIpc) is 2.96. The van der Waals surface area contributed by atoms with Gasteiger partial charge in [-0.2, -0.15) is 0 Å². The maximum atomic E-state index is 11.1. The zero-order valence-corrected chi connectivity index (χ0v) is 22.6. The normalized spacial score (nSPS) is 14.1. The van der Waals surface area contributed by atoms with Crippen LogP contribution < -0.4 is 5.73 Å². The lowest BCUT2D eigenvalue weighted by Crippen LogP contribution is -2.39. The summed E-state index contributed by atoms with van der Waals surface area (Å²) in [6, 6.07) is 12.1. The van der Waals surface area contributed by atoms with Gasteiger partial charge in [0, 0.05) is 35.6 Å². The quantitative estimate of drug-likeness (QED) is 0.221. The molecule has 1 heterocycles. The number of hydrogen-bond donors (Lipinski definition) is 2. The molecule has 1 aliphatic heterocycles. The maximum Gasteiger partial charge on any atom is 0.125 e. The Bertz CT molecular complexity index is 1190. The Hall–Kier alpha value is -2.81. The number of aldehydes is 1. The molecule has 0 amide bonds. The molecule has 0 radical (unpaired) electrons. The highest BCUT2D eigenvalue weighted by molar-refractivity contribution is 7.80. The van der Waals surface area contributed by atoms with Crippen molar-refractivity contribution < 1.29 is 9.53 Å². The van der Waals surface area contributed by atoms with E-state index in [4.69, 9.17) is 23.1 Å². The lowest BCUT2D eigenvalue weighted by atomic mass is 9.92.